The number of rotatable bonds is 6. The fraction of sp³-hybridized carbons (Fsp3) is 0.471. The number of hydrogen-bond acceptors (Lipinski definition) is 3. The molecule has 6 nitrogen and oxygen atoms in total. The minimum atomic E-state index is -0.938. The molecule has 0 spiro atoms. The van der Waals surface area contributed by atoms with Crippen molar-refractivity contribution in [2.24, 2.45) is 5.92 Å². The first-order valence-corrected chi connectivity index (χ1v) is 7.71. The molecule has 1 aromatic rings. The predicted molar refractivity (Wildman–Crippen MR) is 84.6 cm³/mol. The zero-order valence-corrected chi connectivity index (χ0v) is 13.4. The van der Waals surface area contributed by atoms with Gasteiger partial charge in [0, 0.05) is 26.6 Å². The number of nitrogens with zero attached hydrogens (tertiary/aromatic N) is 2. The van der Waals surface area contributed by atoms with Crippen LogP contribution in [0.15, 0.2) is 30.3 Å². The zero-order valence-electron chi connectivity index (χ0n) is 13.4. The second-order valence-corrected chi connectivity index (χ2v) is 5.94. The minimum Gasteiger partial charge on any atom is -0.481 e. The van der Waals surface area contributed by atoms with Crippen molar-refractivity contribution in [2.75, 3.05) is 20.1 Å². The van der Waals surface area contributed by atoms with E-state index in [1.165, 1.54) is 4.90 Å². The molecule has 0 radical (unpaired) electrons. The van der Waals surface area contributed by atoms with Crippen LogP contribution < -0.4 is 0 Å². The Kier molecular flexibility index (Phi) is 5.36. The van der Waals surface area contributed by atoms with Crippen LogP contribution in [0, 0.1) is 5.92 Å². The molecule has 124 valence electrons. The lowest BCUT2D eigenvalue weighted by molar-refractivity contribution is -0.139. The summed E-state index contributed by atoms with van der Waals surface area (Å²) in [4.78, 5) is 38.3. The lowest BCUT2D eigenvalue weighted by Crippen LogP contribution is -2.36. The van der Waals surface area contributed by atoms with Gasteiger partial charge in [-0.1, -0.05) is 30.3 Å². The van der Waals surface area contributed by atoms with Gasteiger partial charge in [-0.2, -0.15) is 0 Å². The van der Waals surface area contributed by atoms with Crippen molar-refractivity contribution in [3.8, 4) is 0 Å². The second kappa shape index (κ2) is 7.26. The maximum absolute atomic E-state index is 12.4. The average Bonchev–Trinajstić information content (AvgIpc) is 2.93. The summed E-state index contributed by atoms with van der Waals surface area (Å²) in [6.45, 7) is 2.49. The van der Waals surface area contributed by atoms with E-state index in [0.717, 1.165) is 5.56 Å². The summed E-state index contributed by atoms with van der Waals surface area (Å²) in [5.41, 5.74) is 1.04. The molecule has 0 unspecified atom stereocenters. The number of likely N-dealkylation sites (tertiary alicyclic amines) is 1. The summed E-state index contributed by atoms with van der Waals surface area (Å²) < 4.78 is 0. The lowest BCUT2D eigenvalue weighted by atomic mass is 10.1. The third kappa shape index (κ3) is 4.09. The normalized spacial score (nSPS) is 18.8. The molecule has 1 aromatic carbocycles. The monoisotopic (exact) mass is 318 g/mol. The van der Waals surface area contributed by atoms with Crippen molar-refractivity contribution in [3.63, 3.8) is 0 Å². The van der Waals surface area contributed by atoms with Crippen molar-refractivity contribution in [2.45, 2.75) is 25.8 Å². The third-order valence-corrected chi connectivity index (χ3v) is 4.29. The van der Waals surface area contributed by atoms with Gasteiger partial charge in [0.15, 0.2) is 0 Å². The van der Waals surface area contributed by atoms with Crippen LogP contribution in [0.1, 0.15) is 31.4 Å². The largest absolute Gasteiger partial charge is 0.481 e. The average molecular weight is 318 g/mol. The van der Waals surface area contributed by atoms with Crippen LogP contribution in [0.3, 0.4) is 0 Å². The fourth-order valence-electron chi connectivity index (χ4n) is 2.87. The molecule has 1 aliphatic rings. The Hall–Kier alpha value is -2.37. The molecule has 2 rings (SSSR count). The first-order valence-electron chi connectivity index (χ1n) is 7.71. The van der Waals surface area contributed by atoms with Gasteiger partial charge in [0.1, 0.15) is 0 Å². The van der Waals surface area contributed by atoms with Crippen LogP contribution in [-0.2, 0) is 14.4 Å². The molecular weight excluding hydrogens is 296 g/mol. The quantitative estimate of drug-likeness (QED) is 0.863. The first kappa shape index (κ1) is 17.0. The molecule has 2 atom stereocenters. The van der Waals surface area contributed by atoms with E-state index >= 15 is 0 Å². The molecule has 1 N–H and O–H groups in total. The van der Waals surface area contributed by atoms with Crippen LogP contribution in [0.5, 0.6) is 0 Å². The summed E-state index contributed by atoms with van der Waals surface area (Å²) in [6.07, 6.45) is 0.0977. The van der Waals surface area contributed by atoms with Gasteiger partial charge in [0.2, 0.25) is 11.8 Å². The number of aliphatic carboxylic acids is 1. The van der Waals surface area contributed by atoms with Gasteiger partial charge in [0.05, 0.1) is 18.4 Å². The van der Waals surface area contributed by atoms with Crippen LogP contribution in [0.25, 0.3) is 0 Å². The minimum absolute atomic E-state index is 0.0358. The number of carboxylic acids is 1. The highest BCUT2D eigenvalue weighted by Gasteiger charge is 2.38. The topological polar surface area (TPSA) is 77.9 Å². The number of hydrogen-bond donors (Lipinski definition) is 1. The molecular formula is C17H22N2O4. The van der Waals surface area contributed by atoms with Crippen LogP contribution in [0.2, 0.25) is 0 Å². The molecule has 6 heteroatoms. The van der Waals surface area contributed by atoms with E-state index in [4.69, 9.17) is 5.11 Å². The van der Waals surface area contributed by atoms with E-state index in [9.17, 15) is 14.4 Å². The van der Waals surface area contributed by atoms with Gasteiger partial charge in [-0.05, 0) is 12.5 Å². The molecule has 0 aliphatic carbocycles. The number of amides is 2. The van der Waals surface area contributed by atoms with Crippen molar-refractivity contribution in [1.82, 2.24) is 9.80 Å². The van der Waals surface area contributed by atoms with E-state index in [2.05, 4.69) is 0 Å². The Morgan fingerprint density at radius 3 is 2.61 bits per heavy atom. The van der Waals surface area contributed by atoms with Crippen molar-refractivity contribution >= 4 is 17.8 Å². The summed E-state index contributed by atoms with van der Waals surface area (Å²) >= 11 is 0. The summed E-state index contributed by atoms with van der Waals surface area (Å²) in [6, 6.07) is 9.62. The summed E-state index contributed by atoms with van der Waals surface area (Å²) in [7, 11) is 1.58. The smallest absolute Gasteiger partial charge is 0.305 e. The second-order valence-electron chi connectivity index (χ2n) is 5.94. The molecule has 2 amide bonds. The standard InChI is InChI=1S/C17H22N2O4/c1-12(13-6-4-3-5-7-13)19-11-14(10-15(19)20)17(23)18(2)9-8-16(21)22/h3-7,12,14H,8-11H2,1-2H3,(H,21,22)/t12-,14+/m1/s1. The molecule has 0 saturated carbocycles. The van der Waals surface area contributed by atoms with E-state index in [0.29, 0.717) is 6.54 Å². The number of carbonyl (C=O) groups excluding carboxylic acids is 2. The Labute approximate surface area is 135 Å². The highest BCUT2D eigenvalue weighted by molar-refractivity contribution is 5.89. The Balaban J connectivity index is 1.99. The van der Waals surface area contributed by atoms with Crippen LogP contribution in [-0.4, -0.2) is 52.8 Å². The van der Waals surface area contributed by atoms with Gasteiger partial charge in [-0.3, -0.25) is 14.4 Å². The highest BCUT2D eigenvalue weighted by atomic mass is 16.4. The van der Waals surface area contributed by atoms with E-state index in [-0.39, 0.29) is 37.2 Å². The molecule has 1 heterocycles. The van der Waals surface area contributed by atoms with E-state index < -0.39 is 11.9 Å². The van der Waals surface area contributed by atoms with E-state index in [1.54, 1.807) is 11.9 Å². The Bertz CT molecular complexity index is 588. The SMILES string of the molecule is C[C@H](c1ccccc1)N1C[C@@H](C(=O)N(C)CCC(=O)O)CC1=O. The number of carboxylic acid groups (broad SMARTS) is 1. The lowest BCUT2D eigenvalue weighted by Gasteiger charge is -2.26. The van der Waals surface area contributed by atoms with Crippen molar-refractivity contribution in [3.05, 3.63) is 35.9 Å². The summed E-state index contributed by atoms with van der Waals surface area (Å²) in [5, 5.41) is 8.69. The van der Waals surface area contributed by atoms with Gasteiger partial charge in [0.25, 0.3) is 0 Å². The molecule has 23 heavy (non-hydrogen) atoms. The molecule has 1 aliphatic heterocycles. The van der Waals surface area contributed by atoms with Crippen molar-refractivity contribution in [1.29, 1.82) is 0 Å². The molecule has 1 fully saturated rings. The zero-order chi connectivity index (χ0) is 17.0. The van der Waals surface area contributed by atoms with E-state index in [1.807, 2.05) is 37.3 Å². The molecule has 0 aromatic heterocycles. The third-order valence-electron chi connectivity index (χ3n) is 4.29. The van der Waals surface area contributed by atoms with Gasteiger partial charge in [-0.25, -0.2) is 0 Å². The maximum atomic E-state index is 12.4. The van der Waals surface area contributed by atoms with Gasteiger partial charge in [-0.15, -0.1) is 0 Å². The number of carbonyl (C=O) groups is 3. The summed E-state index contributed by atoms with van der Waals surface area (Å²) in [5.74, 6) is -1.53. The highest BCUT2D eigenvalue weighted by Crippen LogP contribution is 2.29. The molecule has 0 bridgehead atoms. The van der Waals surface area contributed by atoms with Crippen LogP contribution in [0.4, 0.5) is 0 Å². The predicted octanol–water partition coefficient (Wildman–Crippen LogP) is 1.53. The molecule has 1 saturated heterocycles. The van der Waals surface area contributed by atoms with Gasteiger partial charge < -0.3 is 14.9 Å². The fourth-order valence-corrected chi connectivity index (χ4v) is 2.87. The Morgan fingerprint density at radius 2 is 2.00 bits per heavy atom. The number of benzene rings is 1. The Morgan fingerprint density at radius 1 is 1.35 bits per heavy atom. The maximum Gasteiger partial charge on any atom is 0.305 e. The first-order chi connectivity index (χ1) is 10.9. The van der Waals surface area contributed by atoms with Crippen LogP contribution >= 0.6 is 0 Å². The van der Waals surface area contributed by atoms with Gasteiger partial charge >= 0.3 is 5.97 Å². The van der Waals surface area contributed by atoms with Crippen molar-refractivity contribution < 1.29 is 19.5 Å².